The second-order valence-corrected chi connectivity index (χ2v) is 7.01. The third kappa shape index (κ3) is 3.55. The molecule has 106 valence electrons. The summed E-state index contributed by atoms with van der Waals surface area (Å²) in [6.07, 6.45) is 3.47. The van der Waals surface area contributed by atoms with Crippen LogP contribution in [-0.2, 0) is 9.84 Å². The molecule has 2 N–H and O–H groups in total. The maximum absolute atomic E-state index is 12.0. The van der Waals surface area contributed by atoms with Gasteiger partial charge in [0.1, 0.15) is 0 Å². The van der Waals surface area contributed by atoms with Crippen LogP contribution in [0.1, 0.15) is 37.3 Å². The summed E-state index contributed by atoms with van der Waals surface area (Å²) in [6, 6.07) is 7.40. The first-order valence-corrected chi connectivity index (χ1v) is 8.46. The molecule has 1 unspecified atom stereocenters. The number of fused-ring (bicyclic) bond motifs is 1. The molecule has 0 amide bonds. The van der Waals surface area contributed by atoms with Crippen molar-refractivity contribution < 1.29 is 13.5 Å². The highest BCUT2D eigenvalue weighted by atomic mass is 32.2. The van der Waals surface area contributed by atoms with Gasteiger partial charge in [-0.15, -0.1) is 0 Å². The summed E-state index contributed by atoms with van der Waals surface area (Å²) in [7, 11) is -3.09. The molecule has 1 aliphatic rings. The average Bonchev–Trinajstić information content (AvgIpc) is 2.41. The number of nitrogens with one attached hydrogen (secondary N) is 1. The molecule has 1 aromatic rings. The fraction of sp³-hybridized carbons (Fsp3) is 0.571. The minimum Gasteiger partial charge on any atom is -0.396 e. The zero-order valence-corrected chi connectivity index (χ0v) is 11.8. The van der Waals surface area contributed by atoms with Crippen LogP contribution in [0, 0.1) is 0 Å². The lowest BCUT2D eigenvalue weighted by Crippen LogP contribution is -2.30. The first kappa shape index (κ1) is 14.5. The minimum atomic E-state index is -3.09. The smallest absolute Gasteiger partial charge is 0.178 e. The second-order valence-electron chi connectivity index (χ2n) is 4.94. The molecule has 1 aromatic carbocycles. The summed E-state index contributed by atoms with van der Waals surface area (Å²) in [4.78, 5) is 0.481. The van der Waals surface area contributed by atoms with Crippen LogP contribution in [0.5, 0.6) is 0 Å². The van der Waals surface area contributed by atoms with Gasteiger partial charge in [0.25, 0.3) is 0 Å². The van der Waals surface area contributed by atoms with E-state index in [-0.39, 0.29) is 18.4 Å². The number of aliphatic hydroxyl groups is 1. The Morgan fingerprint density at radius 3 is 2.79 bits per heavy atom. The van der Waals surface area contributed by atoms with E-state index >= 15 is 0 Å². The number of rotatable bonds is 6. The third-order valence-electron chi connectivity index (χ3n) is 3.53. The first-order valence-electron chi connectivity index (χ1n) is 6.81. The van der Waals surface area contributed by atoms with Gasteiger partial charge in [-0.1, -0.05) is 18.2 Å². The van der Waals surface area contributed by atoms with Gasteiger partial charge in [-0.2, -0.15) is 0 Å². The van der Waals surface area contributed by atoms with Crippen molar-refractivity contribution in [3.63, 3.8) is 0 Å². The Morgan fingerprint density at radius 1 is 1.21 bits per heavy atom. The molecule has 0 spiro atoms. The highest BCUT2D eigenvalue weighted by Gasteiger charge is 2.29. The molecule has 1 atom stereocenters. The summed E-state index contributed by atoms with van der Waals surface area (Å²) in [5.74, 6) is 0.221. The topological polar surface area (TPSA) is 66.4 Å². The summed E-state index contributed by atoms with van der Waals surface area (Å²) in [6.45, 7) is 1.10. The lowest BCUT2D eigenvalue weighted by molar-refractivity contribution is 0.282. The lowest BCUT2D eigenvalue weighted by atomic mass is 10.0. The molecule has 0 bridgehead atoms. The van der Waals surface area contributed by atoms with Crippen molar-refractivity contribution in [1.29, 1.82) is 0 Å². The molecule has 0 radical (unpaired) electrons. The minimum absolute atomic E-state index is 0.133. The van der Waals surface area contributed by atoms with E-state index in [2.05, 4.69) is 5.32 Å². The molecule has 0 saturated heterocycles. The largest absolute Gasteiger partial charge is 0.396 e. The Bertz CT molecular complexity index is 513. The van der Waals surface area contributed by atoms with E-state index in [0.717, 1.165) is 31.4 Å². The van der Waals surface area contributed by atoms with Gasteiger partial charge >= 0.3 is 0 Å². The average molecular weight is 283 g/mol. The zero-order chi connectivity index (χ0) is 13.7. The molecule has 0 saturated carbocycles. The van der Waals surface area contributed by atoms with Crippen molar-refractivity contribution in [3.05, 3.63) is 29.8 Å². The monoisotopic (exact) mass is 283 g/mol. The summed E-state index contributed by atoms with van der Waals surface area (Å²) in [5.41, 5.74) is 0.899. The Labute approximate surface area is 114 Å². The molecule has 4 nitrogen and oxygen atoms in total. The number of hydrogen-bond donors (Lipinski definition) is 2. The van der Waals surface area contributed by atoms with E-state index in [4.69, 9.17) is 5.11 Å². The van der Waals surface area contributed by atoms with E-state index in [1.165, 1.54) is 0 Å². The number of hydrogen-bond acceptors (Lipinski definition) is 4. The van der Waals surface area contributed by atoms with Crippen molar-refractivity contribution >= 4 is 9.84 Å². The number of sulfone groups is 1. The first-order chi connectivity index (χ1) is 9.15. The van der Waals surface area contributed by atoms with Crippen molar-refractivity contribution in [2.45, 2.75) is 36.6 Å². The van der Waals surface area contributed by atoms with E-state index in [9.17, 15) is 8.42 Å². The summed E-state index contributed by atoms with van der Waals surface area (Å²) in [5, 5.41) is 12.1. The van der Waals surface area contributed by atoms with E-state index in [1.807, 2.05) is 12.1 Å². The van der Waals surface area contributed by atoms with Gasteiger partial charge in [0, 0.05) is 12.6 Å². The van der Waals surface area contributed by atoms with Crippen molar-refractivity contribution in [2.24, 2.45) is 0 Å². The van der Waals surface area contributed by atoms with Crippen LogP contribution >= 0.6 is 0 Å². The normalized spacial score (nSPS) is 21.0. The van der Waals surface area contributed by atoms with Crippen molar-refractivity contribution in [3.8, 4) is 0 Å². The molecule has 1 aliphatic heterocycles. The standard InChI is InChI=1S/C14H21NO3S/c16-10-5-1-4-9-15-13-8-11-19(17,18)14-7-3-2-6-12(13)14/h2-3,6-7,13,15-16H,1,4-5,8-11H2. The SMILES string of the molecule is O=S1(=O)CCC(NCCCCCO)c2ccccc21. The highest BCUT2D eigenvalue weighted by molar-refractivity contribution is 7.91. The fourth-order valence-corrected chi connectivity index (χ4v) is 4.11. The van der Waals surface area contributed by atoms with Crippen molar-refractivity contribution in [2.75, 3.05) is 18.9 Å². The van der Waals surface area contributed by atoms with Gasteiger partial charge in [0.05, 0.1) is 10.6 Å². The van der Waals surface area contributed by atoms with Crippen molar-refractivity contribution in [1.82, 2.24) is 5.32 Å². The quantitative estimate of drug-likeness (QED) is 0.779. The molecule has 19 heavy (non-hydrogen) atoms. The molecule has 0 aromatic heterocycles. The van der Waals surface area contributed by atoms with Crippen LogP contribution in [-0.4, -0.2) is 32.4 Å². The third-order valence-corrected chi connectivity index (χ3v) is 5.35. The zero-order valence-electron chi connectivity index (χ0n) is 11.0. The van der Waals surface area contributed by atoms with Gasteiger partial charge in [0.2, 0.25) is 0 Å². The molecular weight excluding hydrogens is 262 g/mol. The predicted octanol–water partition coefficient (Wildman–Crippen LogP) is 1.66. The highest BCUT2D eigenvalue weighted by Crippen LogP contribution is 2.31. The number of unbranched alkanes of at least 4 members (excludes halogenated alkanes) is 2. The fourth-order valence-electron chi connectivity index (χ4n) is 2.49. The number of benzene rings is 1. The molecule has 0 aliphatic carbocycles. The second kappa shape index (κ2) is 6.50. The van der Waals surface area contributed by atoms with Gasteiger partial charge in [0.15, 0.2) is 9.84 Å². The van der Waals surface area contributed by atoms with Crippen LogP contribution < -0.4 is 5.32 Å². The van der Waals surface area contributed by atoms with E-state index in [0.29, 0.717) is 11.3 Å². The van der Waals surface area contributed by atoms with Gasteiger partial charge in [-0.3, -0.25) is 0 Å². The Hall–Kier alpha value is -0.910. The van der Waals surface area contributed by atoms with Crippen LogP contribution in [0.15, 0.2) is 29.2 Å². The van der Waals surface area contributed by atoms with Gasteiger partial charge < -0.3 is 10.4 Å². The molecule has 2 rings (SSSR count). The molecular formula is C14H21NO3S. The summed E-state index contributed by atoms with van der Waals surface area (Å²) >= 11 is 0. The van der Waals surface area contributed by atoms with Crippen LogP contribution in [0.3, 0.4) is 0 Å². The Kier molecular flexibility index (Phi) is 4.96. The molecule has 1 heterocycles. The van der Waals surface area contributed by atoms with Crippen LogP contribution in [0.4, 0.5) is 0 Å². The Balaban J connectivity index is 2.00. The van der Waals surface area contributed by atoms with E-state index < -0.39 is 9.84 Å². The lowest BCUT2D eigenvalue weighted by Gasteiger charge is -2.26. The maximum atomic E-state index is 12.0. The molecule has 5 heteroatoms. The molecule has 0 fully saturated rings. The van der Waals surface area contributed by atoms with Crippen LogP contribution in [0.25, 0.3) is 0 Å². The van der Waals surface area contributed by atoms with Gasteiger partial charge in [-0.25, -0.2) is 8.42 Å². The maximum Gasteiger partial charge on any atom is 0.178 e. The van der Waals surface area contributed by atoms with Crippen LogP contribution in [0.2, 0.25) is 0 Å². The summed E-state index contributed by atoms with van der Waals surface area (Å²) < 4.78 is 24.0. The van der Waals surface area contributed by atoms with E-state index in [1.54, 1.807) is 12.1 Å². The number of aliphatic hydroxyl groups excluding tert-OH is 1. The predicted molar refractivity (Wildman–Crippen MR) is 74.8 cm³/mol. The van der Waals surface area contributed by atoms with Gasteiger partial charge in [-0.05, 0) is 43.9 Å². The Morgan fingerprint density at radius 2 is 2.00 bits per heavy atom.